The normalized spacial score (nSPS) is 22.0. The third-order valence-corrected chi connectivity index (χ3v) is 6.93. The number of halogens is 1. The molecule has 2 N–H and O–H groups in total. The van der Waals surface area contributed by atoms with Crippen LogP contribution in [0.3, 0.4) is 0 Å². The Labute approximate surface area is 192 Å². The number of hydrogen-bond donors (Lipinski definition) is 2. The van der Waals surface area contributed by atoms with Crippen molar-refractivity contribution in [1.29, 1.82) is 0 Å². The molecule has 2 aliphatic rings. The van der Waals surface area contributed by atoms with Crippen molar-refractivity contribution in [2.75, 3.05) is 4.90 Å². The summed E-state index contributed by atoms with van der Waals surface area (Å²) >= 11 is 12.1. The van der Waals surface area contributed by atoms with Crippen molar-refractivity contribution in [2.24, 2.45) is 0 Å². The van der Waals surface area contributed by atoms with Crippen molar-refractivity contribution in [3.05, 3.63) is 77.3 Å². The summed E-state index contributed by atoms with van der Waals surface area (Å²) in [6.07, 6.45) is 10.2. The zero-order valence-corrected chi connectivity index (χ0v) is 18.7. The number of benzene rings is 1. The smallest absolute Gasteiger partial charge is 0.174 e. The van der Waals surface area contributed by atoms with Gasteiger partial charge in [-0.2, -0.15) is 0 Å². The molecule has 1 aromatic carbocycles. The molecule has 2 atom stereocenters. The Morgan fingerprint density at radius 3 is 2.68 bits per heavy atom. The highest BCUT2D eigenvalue weighted by Crippen LogP contribution is 2.46. The molecule has 0 amide bonds. The summed E-state index contributed by atoms with van der Waals surface area (Å²) in [6, 6.07) is 15.4. The van der Waals surface area contributed by atoms with E-state index in [4.69, 9.17) is 23.8 Å². The molecule has 2 fully saturated rings. The van der Waals surface area contributed by atoms with Gasteiger partial charge >= 0.3 is 0 Å². The lowest BCUT2D eigenvalue weighted by molar-refractivity contribution is 0.339. The third kappa shape index (κ3) is 3.79. The van der Waals surface area contributed by atoms with Crippen molar-refractivity contribution in [3.8, 4) is 5.75 Å². The van der Waals surface area contributed by atoms with Gasteiger partial charge in [-0.25, -0.2) is 0 Å². The fourth-order valence-corrected chi connectivity index (χ4v) is 5.46. The zero-order valence-electron chi connectivity index (χ0n) is 17.1. The SMILES string of the molecule is Oc1ccc(Cl)cc1N1C(=S)N[C@@H](c2ccccn2)[C@@H]1c1cccn1C1CCCCC1. The molecule has 0 radical (unpaired) electrons. The Hall–Kier alpha value is -2.57. The first kappa shape index (κ1) is 20.3. The Morgan fingerprint density at radius 2 is 1.90 bits per heavy atom. The van der Waals surface area contributed by atoms with Crippen LogP contribution < -0.4 is 10.2 Å². The van der Waals surface area contributed by atoms with Crippen molar-refractivity contribution >= 4 is 34.6 Å². The molecule has 1 aliphatic heterocycles. The van der Waals surface area contributed by atoms with Gasteiger partial charge in [-0.15, -0.1) is 0 Å². The fourth-order valence-electron chi connectivity index (χ4n) is 4.95. The van der Waals surface area contributed by atoms with E-state index in [1.807, 2.05) is 23.1 Å². The number of phenolic OH excluding ortho intramolecular Hbond substituents is 1. The number of anilines is 1. The van der Waals surface area contributed by atoms with Crippen LogP contribution in [-0.4, -0.2) is 19.8 Å². The number of rotatable bonds is 4. The predicted octanol–water partition coefficient (Wildman–Crippen LogP) is 5.92. The van der Waals surface area contributed by atoms with Crippen LogP contribution in [0.2, 0.25) is 5.02 Å². The van der Waals surface area contributed by atoms with Gasteiger partial charge in [-0.1, -0.05) is 36.9 Å². The fraction of sp³-hybridized carbons (Fsp3) is 0.333. The zero-order chi connectivity index (χ0) is 21.4. The predicted molar refractivity (Wildman–Crippen MR) is 128 cm³/mol. The number of pyridine rings is 1. The lowest BCUT2D eigenvalue weighted by atomic mass is 9.94. The molecule has 0 unspecified atom stereocenters. The molecule has 3 aromatic rings. The maximum atomic E-state index is 10.7. The molecule has 1 aliphatic carbocycles. The first-order valence-corrected chi connectivity index (χ1v) is 11.6. The van der Waals surface area contributed by atoms with Gasteiger partial charge in [0.1, 0.15) is 11.8 Å². The van der Waals surface area contributed by atoms with Crippen LogP contribution in [0.5, 0.6) is 5.75 Å². The van der Waals surface area contributed by atoms with Gasteiger partial charge in [0, 0.05) is 29.2 Å². The lowest BCUT2D eigenvalue weighted by Crippen LogP contribution is -2.31. The standard InChI is InChI=1S/C24H25ClN4OS/c25-16-11-12-21(30)20(15-16)29-23(22(27-24(29)31)18-9-4-5-13-26-18)19-10-6-14-28(19)17-7-2-1-3-8-17/h4-6,9-15,17,22-23,30H,1-3,7-8H2,(H,27,31)/t22-,23-/m0/s1. The number of aromatic nitrogens is 2. The van der Waals surface area contributed by atoms with E-state index in [1.165, 1.54) is 32.1 Å². The Morgan fingerprint density at radius 1 is 1.06 bits per heavy atom. The first-order valence-electron chi connectivity index (χ1n) is 10.8. The average Bonchev–Trinajstić information content (AvgIpc) is 3.41. The second-order valence-corrected chi connectivity index (χ2v) is 9.08. The summed E-state index contributed by atoms with van der Waals surface area (Å²) in [5.74, 6) is 0.149. The van der Waals surface area contributed by atoms with Crippen LogP contribution in [0.1, 0.15) is 61.6 Å². The van der Waals surface area contributed by atoms with Crippen molar-refractivity contribution in [1.82, 2.24) is 14.9 Å². The van der Waals surface area contributed by atoms with E-state index in [0.29, 0.717) is 21.9 Å². The Bertz CT molecular complexity index is 1080. The van der Waals surface area contributed by atoms with E-state index < -0.39 is 0 Å². The number of hydrogen-bond acceptors (Lipinski definition) is 3. The molecular formula is C24H25ClN4OS. The number of phenols is 1. The minimum atomic E-state index is -0.163. The van der Waals surface area contributed by atoms with Gasteiger partial charge in [0.25, 0.3) is 0 Å². The van der Waals surface area contributed by atoms with E-state index in [-0.39, 0.29) is 17.8 Å². The third-order valence-electron chi connectivity index (χ3n) is 6.38. The molecule has 7 heteroatoms. The maximum Gasteiger partial charge on any atom is 0.174 e. The van der Waals surface area contributed by atoms with Gasteiger partial charge in [-0.3, -0.25) is 4.98 Å². The lowest BCUT2D eigenvalue weighted by Gasteiger charge is -2.32. The number of nitrogens with zero attached hydrogens (tertiary/aromatic N) is 3. The number of aromatic hydroxyl groups is 1. The molecule has 0 bridgehead atoms. The highest BCUT2D eigenvalue weighted by molar-refractivity contribution is 7.80. The second-order valence-electron chi connectivity index (χ2n) is 8.26. The molecule has 5 nitrogen and oxygen atoms in total. The van der Waals surface area contributed by atoms with Gasteiger partial charge in [-0.05, 0) is 67.5 Å². The topological polar surface area (TPSA) is 53.3 Å². The van der Waals surface area contributed by atoms with Crippen LogP contribution in [-0.2, 0) is 0 Å². The van der Waals surface area contributed by atoms with Crippen LogP contribution in [0, 0.1) is 0 Å². The Kier molecular flexibility index (Phi) is 5.59. The van der Waals surface area contributed by atoms with Crippen molar-refractivity contribution < 1.29 is 5.11 Å². The minimum absolute atomic E-state index is 0.149. The van der Waals surface area contributed by atoms with Gasteiger partial charge < -0.3 is 19.9 Å². The molecule has 0 spiro atoms. The quantitative estimate of drug-likeness (QED) is 0.481. The minimum Gasteiger partial charge on any atom is -0.506 e. The molecular weight excluding hydrogens is 428 g/mol. The Balaban J connectivity index is 1.64. The van der Waals surface area contributed by atoms with E-state index in [2.05, 4.69) is 33.2 Å². The average molecular weight is 453 g/mol. The summed E-state index contributed by atoms with van der Waals surface area (Å²) in [4.78, 5) is 6.61. The van der Waals surface area contributed by atoms with Gasteiger partial charge in [0.15, 0.2) is 5.11 Å². The highest BCUT2D eigenvalue weighted by Gasteiger charge is 2.43. The highest BCUT2D eigenvalue weighted by atomic mass is 35.5. The number of thiocarbonyl (C=S) groups is 1. The largest absolute Gasteiger partial charge is 0.506 e. The van der Waals surface area contributed by atoms with E-state index >= 15 is 0 Å². The molecule has 2 aromatic heterocycles. The van der Waals surface area contributed by atoms with Crippen LogP contribution in [0.15, 0.2) is 60.9 Å². The van der Waals surface area contributed by atoms with Crippen molar-refractivity contribution in [3.63, 3.8) is 0 Å². The van der Waals surface area contributed by atoms with E-state index in [9.17, 15) is 5.11 Å². The molecule has 3 heterocycles. The molecule has 160 valence electrons. The molecule has 5 rings (SSSR count). The van der Waals surface area contributed by atoms with Crippen LogP contribution >= 0.6 is 23.8 Å². The summed E-state index contributed by atoms with van der Waals surface area (Å²) in [6.45, 7) is 0. The summed E-state index contributed by atoms with van der Waals surface area (Å²) in [5.41, 5.74) is 2.68. The molecule has 31 heavy (non-hydrogen) atoms. The molecule has 1 saturated heterocycles. The van der Waals surface area contributed by atoms with Gasteiger partial charge in [0.05, 0.1) is 17.4 Å². The summed E-state index contributed by atoms with van der Waals surface area (Å²) in [7, 11) is 0. The molecule has 1 saturated carbocycles. The number of nitrogens with one attached hydrogen (secondary N) is 1. The first-order chi connectivity index (χ1) is 15.1. The van der Waals surface area contributed by atoms with Crippen LogP contribution in [0.25, 0.3) is 0 Å². The second kappa shape index (κ2) is 8.52. The van der Waals surface area contributed by atoms with Crippen LogP contribution in [0.4, 0.5) is 5.69 Å². The van der Waals surface area contributed by atoms with Gasteiger partial charge in [0.2, 0.25) is 0 Å². The van der Waals surface area contributed by atoms with E-state index in [1.54, 1.807) is 24.4 Å². The van der Waals surface area contributed by atoms with E-state index in [0.717, 1.165) is 11.4 Å². The van der Waals surface area contributed by atoms with Crippen molar-refractivity contribution in [2.45, 2.75) is 50.2 Å². The monoisotopic (exact) mass is 452 g/mol. The summed E-state index contributed by atoms with van der Waals surface area (Å²) < 4.78 is 2.41. The summed E-state index contributed by atoms with van der Waals surface area (Å²) in [5, 5.41) is 15.3. The maximum absolute atomic E-state index is 10.7.